The maximum atomic E-state index is 5.42. The lowest BCUT2D eigenvalue weighted by atomic mass is 10.1. The molecular formula is C9H9N5S. The van der Waals surface area contributed by atoms with Crippen LogP contribution in [-0.2, 0) is 0 Å². The molecule has 1 aromatic carbocycles. The van der Waals surface area contributed by atoms with E-state index in [0.717, 1.165) is 11.3 Å². The van der Waals surface area contributed by atoms with E-state index in [1.54, 1.807) is 0 Å². The molecule has 2 rings (SSSR count). The van der Waals surface area contributed by atoms with Gasteiger partial charge in [-0.1, -0.05) is 12.1 Å². The number of hydrogen-bond acceptors (Lipinski definition) is 3. The van der Waals surface area contributed by atoms with Gasteiger partial charge in [-0.3, -0.25) is 5.10 Å². The number of nitrogens with two attached hydrogens (primary N) is 1. The van der Waals surface area contributed by atoms with E-state index in [9.17, 15) is 0 Å². The molecule has 15 heavy (non-hydrogen) atoms. The highest BCUT2D eigenvalue weighted by molar-refractivity contribution is 7.80. The average molecular weight is 219 g/mol. The van der Waals surface area contributed by atoms with Gasteiger partial charge in [-0.05, 0) is 24.4 Å². The fraction of sp³-hybridized carbons (Fsp3) is 0. The number of anilines is 1. The van der Waals surface area contributed by atoms with Crippen molar-refractivity contribution in [3.63, 3.8) is 0 Å². The van der Waals surface area contributed by atoms with E-state index >= 15 is 0 Å². The zero-order valence-corrected chi connectivity index (χ0v) is 8.58. The molecule has 1 heterocycles. The molecule has 0 amide bonds. The molecule has 0 bridgehead atoms. The van der Waals surface area contributed by atoms with E-state index in [2.05, 4.69) is 20.5 Å². The largest absolute Gasteiger partial charge is 0.376 e. The van der Waals surface area contributed by atoms with Crippen LogP contribution in [0.1, 0.15) is 0 Å². The molecule has 0 saturated carbocycles. The van der Waals surface area contributed by atoms with Crippen molar-refractivity contribution >= 4 is 23.0 Å². The zero-order valence-electron chi connectivity index (χ0n) is 7.77. The molecule has 4 N–H and O–H groups in total. The summed E-state index contributed by atoms with van der Waals surface area (Å²) in [7, 11) is 0. The highest BCUT2D eigenvalue weighted by Crippen LogP contribution is 2.23. The summed E-state index contributed by atoms with van der Waals surface area (Å²) in [5.74, 6) is 0.675. The van der Waals surface area contributed by atoms with Crippen LogP contribution >= 0.6 is 12.2 Å². The lowest BCUT2D eigenvalue weighted by Gasteiger charge is -2.07. The second-order valence-electron chi connectivity index (χ2n) is 2.87. The standard InChI is InChI=1S/C9H9N5S/c10-9(15)13-7-4-2-1-3-6(7)8-11-5-12-14-8/h1-5H,(H3,10,13,15)(H,11,12,14). The molecule has 1 aromatic heterocycles. The van der Waals surface area contributed by atoms with Gasteiger partial charge in [-0.25, -0.2) is 4.98 Å². The number of nitrogens with zero attached hydrogens (tertiary/aromatic N) is 2. The Bertz CT molecular complexity index is 465. The van der Waals surface area contributed by atoms with Crippen LogP contribution in [0.4, 0.5) is 5.69 Å². The van der Waals surface area contributed by atoms with E-state index in [-0.39, 0.29) is 5.11 Å². The van der Waals surface area contributed by atoms with Crippen molar-refractivity contribution in [2.75, 3.05) is 5.32 Å². The van der Waals surface area contributed by atoms with Gasteiger partial charge in [0.15, 0.2) is 10.9 Å². The van der Waals surface area contributed by atoms with E-state index in [1.165, 1.54) is 6.33 Å². The highest BCUT2D eigenvalue weighted by Gasteiger charge is 2.06. The molecular weight excluding hydrogens is 210 g/mol. The molecule has 0 atom stereocenters. The molecule has 0 radical (unpaired) electrons. The number of rotatable bonds is 2. The average Bonchev–Trinajstić information content (AvgIpc) is 2.70. The van der Waals surface area contributed by atoms with Gasteiger partial charge in [-0.15, -0.1) is 0 Å². The van der Waals surface area contributed by atoms with Gasteiger partial charge >= 0.3 is 0 Å². The second-order valence-corrected chi connectivity index (χ2v) is 3.31. The molecule has 0 saturated heterocycles. The number of aromatic amines is 1. The minimum absolute atomic E-state index is 0.224. The predicted molar refractivity (Wildman–Crippen MR) is 62.2 cm³/mol. The van der Waals surface area contributed by atoms with E-state index in [1.807, 2.05) is 24.3 Å². The maximum Gasteiger partial charge on any atom is 0.168 e. The van der Waals surface area contributed by atoms with Crippen molar-refractivity contribution in [2.24, 2.45) is 5.73 Å². The Hall–Kier alpha value is -1.95. The minimum Gasteiger partial charge on any atom is -0.376 e. The van der Waals surface area contributed by atoms with Crippen LogP contribution in [0.3, 0.4) is 0 Å². The van der Waals surface area contributed by atoms with Crippen molar-refractivity contribution in [1.29, 1.82) is 0 Å². The van der Waals surface area contributed by atoms with Crippen LogP contribution in [-0.4, -0.2) is 20.3 Å². The van der Waals surface area contributed by atoms with Crippen LogP contribution in [0.2, 0.25) is 0 Å². The first-order valence-electron chi connectivity index (χ1n) is 4.28. The number of H-pyrrole nitrogens is 1. The van der Waals surface area contributed by atoms with Gasteiger partial charge in [0.05, 0.1) is 5.69 Å². The first-order chi connectivity index (χ1) is 7.27. The third-order valence-electron chi connectivity index (χ3n) is 1.86. The Morgan fingerprint density at radius 3 is 2.87 bits per heavy atom. The highest BCUT2D eigenvalue weighted by atomic mass is 32.1. The minimum atomic E-state index is 0.224. The van der Waals surface area contributed by atoms with Crippen molar-refractivity contribution in [3.8, 4) is 11.4 Å². The fourth-order valence-electron chi connectivity index (χ4n) is 1.27. The summed E-state index contributed by atoms with van der Waals surface area (Å²) in [5.41, 5.74) is 7.11. The molecule has 0 aliphatic heterocycles. The summed E-state index contributed by atoms with van der Waals surface area (Å²) in [6, 6.07) is 7.57. The Balaban J connectivity index is 2.42. The van der Waals surface area contributed by atoms with Crippen LogP contribution in [0.25, 0.3) is 11.4 Å². The van der Waals surface area contributed by atoms with Crippen LogP contribution < -0.4 is 11.1 Å². The Labute approximate surface area is 91.7 Å². The number of nitrogens with one attached hydrogen (secondary N) is 2. The van der Waals surface area contributed by atoms with Crippen molar-refractivity contribution < 1.29 is 0 Å². The van der Waals surface area contributed by atoms with E-state index in [0.29, 0.717) is 5.82 Å². The van der Waals surface area contributed by atoms with Crippen LogP contribution in [0, 0.1) is 0 Å². The molecule has 2 aromatic rings. The molecule has 5 nitrogen and oxygen atoms in total. The summed E-state index contributed by atoms with van der Waals surface area (Å²) in [4.78, 5) is 4.06. The predicted octanol–water partition coefficient (Wildman–Crippen LogP) is 1.13. The molecule has 0 aliphatic rings. The van der Waals surface area contributed by atoms with Gasteiger partial charge < -0.3 is 11.1 Å². The number of para-hydroxylation sites is 1. The quantitative estimate of drug-likeness (QED) is 0.660. The van der Waals surface area contributed by atoms with Gasteiger partial charge in [0.1, 0.15) is 6.33 Å². The molecule has 0 fully saturated rings. The molecule has 0 spiro atoms. The normalized spacial score (nSPS) is 9.87. The number of hydrogen-bond donors (Lipinski definition) is 3. The smallest absolute Gasteiger partial charge is 0.168 e. The topological polar surface area (TPSA) is 79.6 Å². The van der Waals surface area contributed by atoms with E-state index < -0.39 is 0 Å². The number of aromatic nitrogens is 3. The summed E-state index contributed by atoms with van der Waals surface area (Å²) < 4.78 is 0. The first kappa shape index (κ1) is 9.60. The molecule has 0 aliphatic carbocycles. The van der Waals surface area contributed by atoms with Crippen molar-refractivity contribution in [1.82, 2.24) is 15.2 Å². The zero-order chi connectivity index (χ0) is 10.7. The monoisotopic (exact) mass is 219 g/mol. The Morgan fingerprint density at radius 2 is 2.20 bits per heavy atom. The third-order valence-corrected chi connectivity index (χ3v) is 1.96. The third kappa shape index (κ3) is 2.10. The maximum absolute atomic E-state index is 5.42. The van der Waals surface area contributed by atoms with Crippen LogP contribution in [0.5, 0.6) is 0 Å². The summed E-state index contributed by atoms with van der Waals surface area (Å²) in [5, 5.41) is 9.68. The van der Waals surface area contributed by atoms with Gasteiger partial charge in [-0.2, -0.15) is 5.10 Å². The van der Waals surface area contributed by atoms with Gasteiger partial charge in [0.2, 0.25) is 0 Å². The number of benzene rings is 1. The summed E-state index contributed by atoms with van der Waals surface area (Å²) >= 11 is 4.79. The van der Waals surface area contributed by atoms with Crippen molar-refractivity contribution in [2.45, 2.75) is 0 Å². The molecule has 6 heteroatoms. The lowest BCUT2D eigenvalue weighted by Crippen LogP contribution is -2.19. The number of thiocarbonyl (C=S) groups is 1. The second kappa shape index (κ2) is 4.05. The van der Waals surface area contributed by atoms with Crippen LogP contribution in [0.15, 0.2) is 30.6 Å². The summed E-state index contributed by atoms with van der Waals surface area (Å²) in [6.07, 6.45) is 1.45. The first-order valence-corrected chi connectivity index (χ1v) is 4.69. The van der Waals surface area contributed by atoms with E-state index in [4.69, 9.17) is 18.0 Å². The molecule has 0 unspecified atom stereocenters. The molecule has 76 valence electrons. The fourth-order valence-corrected chi connectivity index (χ4v) is 1.38. The summed E-state index contributed by atoms with van der Waals surface area (Å²) in [6.45, 7) is 0. The Kier molecular flexibility index (Phi) is 2.59. The Morgan fingerprint density at radius 1 is 1.40 bits per heavy atom. The SMILES string of the molecule is NC(=S)Nc1ccccc1-c1ncn[nH]1. The lowest BCUT2D eigenvalue weighted by molar-refractivity contribution is 1.10. The van der Waals surface area contributed by atoms with Gasteiger partial charge in [0, 0.05) is 5.56 Å². The van der Waals surface area contributed by atoms with Gasteiger partial charge in [0.25, 0.3) is 0 Å². The van der Waals surface area contributed by atoms with Crippen molar-refractivity contribution in [3.05, 3.63) is 30.6 Å².